The molecule has 3 aromatic carbocycles. The van der Waals surface area contributed by atoms with Gasteiger partial charge in [-0.3, -0.25) is 0 Å². The Morgan fingerprint density at radius 2 is 1.78 bits per heavy atom. The third kappa shape index (κ3) is 6.19. The summed E-state index contributed by atoms with van der Waals surface area (Å²) < 4.78 is 35.6. The van der Waals surface area contributed by atoms with Crippen molar-refractivity contribution in [2.75, 3.05) is 13.2 Å². The highest BCUT2D eigenvalue weighted by Crippen LogP contribution is 2.45. The Morgan fingerprint density at radius 1 is 1.03 bits per heavy atom. The fourth-order valence-corrected chi connectivity index (χ4v) is 4.04. The second-order valence-corrected chi connectivity index (χ2v) is 8.43. The molecule has 0 saturated heterocycles. The number of nitrogens with two attached hydrogens (primary N) is 1. The molecule has 0 saturated carbocycles. The minimum absolute atomic E-state index is 0.0242. The van der Waals surface area contributed by atoms with Crippen LogP contribution in [-0.2, 0) is 4.79 Å². The predicted octanol–water partition coefficient (Wildman–Crippen LogP) is 5.60. The molecule has 1 atom stereocenters. The number of benzene rings is 3. The highest BCUT2D eigenvalue weighted by molar-refractivity contribution is 5.74. The highest BCUT2D eigenvalue weighted by atomic mass is 19.1. The van der Waals surface area contributed by atoms with Gasteiger partial charge in [0.25, 0.3) is 0 Å². The smallest absolute Gasteiger partial charge is 0.349 e. The van der Waals surface area contributed by atoms with E-state index in [0.29, 0.717) is 29.4 Å². The first-order valence-corrected chi connectivity index (χ1v) is 12.0. The number of rotatable bonds is 10. The van der Waals surface area contributed by atoms with Gasteiger partial charge >= 0.3 is 5.97 Å². The van der Waals surface area contributed by atoms with E-state index in [9.17, 15) is 14.4 Å². The van der Waals surface area contributed by atoms with Gasteiger partial charge < -0.3 is 24.7 Å². The zero-order chi connectivity index (χ0) is 26.2. The normalized spacial score (nSPS) is 14.2. The monoisotopic (exact) mass is 502 g/mol. The van der Waals surface area contributed by atoms with Gasteiger partial charge in [-0.1, -0.05) is 44.0 Å². The Balaban J connectivity index is 1.54. The summed E-state index contributed by atoms with van der Waals surface area (Å²) in [4.78, 5) is 12.3. The molecule has 7 nitrogen and oxygen atoms in total. The summed E-state index contributed by atoms with van der Waals surface area (Å²) in [5.74, 6) is 0.0172. The summed E-state index contributed by atoms with van der Waals surface area (Å²) in [6.07, 6.45) is 3.08. The maximum Gasteiger partial charge on any atom is 0.349 e. The lowest BCUT2D eigenvalue weighted by molar-refractivity contribution is -0.136. The molecule has 0 bridgehead atoms. The van der Waals surface area contributed by atoms with Gasteiger partial charge in [0.2, 0.25) is 5.88 Å². The molecule has 0 aromatic heterocycles. The van der Waals surface area contributed by atoms with Gasteiger partial charge in [0.15, 0.2) is 6.61 Å². The van der Waals surface area contributed by atoms with Gasteiger partial charge in [-0.25, -0.2) is 9.18 Å². The number of carbonyl (C=O) groups is 1. The molecule has 0 fully saturated rings. The Hall–Kier alpha value is -4.51. The largest absolute Gasteiger partial charge is 0.493 e. The average Bonchev–Trinajstić information content (AvgIpc) is 2.90. The molecular weight excluding hydrogens is 475 g/mol. The summed E-state index contributed by atoms with van der Waals surface area (Å²) >= 11 is 0. The van der Waals surface area contributed by atoms with Crippen molar-refractivity contribution in [1.29, 1.82) is 5.26 Å². The van der Waals surface area contributed by atoms with Gasteiger partial charge in [-0.15, -0.1) is 0 Å². The number of esters is 1. The molecule has 0 radical (unpaired) electrons. The molecule has 0 amide bonds. The third-order valence-corrected chi connectivity index (χ3v) is 5.83. The summed E-state index contributed by atoms with van der Waals surface area (Å²) in [6.45, 7) is 2.33. The number of para-hydroxylation sites is 1. The van der Waals surface area contributed by atoms with Gasteiger partial charge in [0.1, 0.15) is 40.5 Å². The number of hydrogen-bond acceptors (Lipinski definition) is 7. The van der Waals surface area contributed by atoms with Crippen molar-refractivity contribution in [3.63, 3.8) is 0 Å². The van der Waals surface area contributed by atoms with Crippen LogP contribution in [0.5, 0.6) is 23.0 Å². The van der Waals surface area contributed by atoms with E-state index in [2.05, 4.69) is 13.0 Å². The van der Waals surface area contributed by atoms with Crippen LogP contribution < -0.4 is 24.7 Å². The van der Waals surface area contributed by atoms with Crippen molar-refractivity contribution < 1.29 is 28.1 Å². The van der Waals surface area contributed by atoms with E-state index in [-0.39, 0.29) is 23.8 Å². The second-order valence-electron chi connectivity index (χ2n) is 8.43. The van der Waals surface area contributed by atoms with E-state index in [1.165, 1.54) is 24.3 Å². The zero-order valence-electron chi connectivity index (χ0n) is 20.4. The third-order valence-electron chi connectivity index (χ3n) is 5.83. The van der Waals surface area contributed by atoms with Crippen molar-refractivity contribution in [2.45, 2.75) is 32.1 Å². The van der Waals surface area contributed by atoms with E-state index in [1.807, 2.05) is 24.3 Å². The van der Waals surface area contributed by atoms with Crippen LogP contribution in [0, 0.1) is 17.1 Å². The standard InChI is InChI=1S/C29H27FN2O5/c1-2-3-6-15-34-25-8-5-4-7-22(25)28-23-14-13-21(16-26(23)37-29(32)24(28)17-31)36-27(33)18-35-20-11-9-19(30)10-12-20/h4-5,7-14,16,28H,2-3,6,15,18,32H2,1H3. The number of halogens is 1. The number of nitrogens with zero attached hydrogens (tertiary/aromatic N) is 1. The van der Waals surface area contributed by atoms with Crippen molar-refractivity contribution in [3.05, 3.63) is 95.1 Å². The van der Waals surface area contributed by atoms with Crippen LogP contribution in [0.3, 0.4) is 0 Å². The number of carbonyl (C=O) groups excluding carboxylic acids is 1. The number of hydrogen-bond donors (Lipinski definition) is 1. The van der Waals surface area contributed by atoms with Gasteiger partial charge in [0, 0.05) is 17.2 Å². The van der Waals surface area contributed by atoms with Crippen LogP contribution >= 0.6 is 0 Å². The SMILES string of the molecule is CCCCCOc1ccccc1C1C(C#N)=C(N)Oc2cc(OC(=O)COc3ccc(F)cc3)ccc21. The molecule has 190 valence electrons. The molecule has 1 heterocycles. The molecule has 0 spiro atoms. The molecule has 1 unspecified atom stereocenters. The molecule has 3 aromatic rings. The summed E-state index contributed by atoms with van der Waals surface area (Å²) in [5.41, 5.74) is 7.89. The van der Waals surface area contributed by atoms with Crippen molar-refractivity contribution >= 4 is 5.97 Å². The van der Waals surface area contributed by atoms with E-state index >= 15 is 0 Å². The maximum atomic E-state index is 13.0. The Kier molecular flexibility index (Phi) is 8.26. The summed E-state index contributed by atoms with van der Waals surface area (Å²) in [7, 11) is 0. The first-order chi connectivity index (χ1) is 18.0. The minimum Gasteiger partial charge on any atom is -0.493 e. The molecule has 4 rings (SSSR count). The maximum absolute atomic E-state index is 13.0. The van der Waals surface area contributed by atoms with Crippen LogP contribution in [0.25, 0.3) is 0 Å². The van der Waals surface area contributed by atoms with Gasteiger partial charge in [-0.2, -0.15) is 5.26 Å². The zero-order valence-corrected chi connectivity index (χ0v) is 20.4. The number of fused-ring (bicyclic) bond motifs is 1. The predicted molar refractivity (Wildman–Crippen MR) is 135 cm³/mol. The Morgan fingerprint density at radius 3 is 2.54 bits per heavy atom. The first-order valence-electron chi connectivity index (χ1n) is 12.0. The molecule has 2 N–H and O–H groups in total. The molecule has 1 aliphatic heterocycles. The second kappa shape index (κ2) is 12.0. The fraction of sp³-hybridized carbons (Fsp3) is 0.241. The van der Waals surface area contributed by atoms with Crippen molar-refractivity contribution in [1.82, 2.24) is 0 Å². The molecule has 0 aliphatic carbocycles. The molecule has 8 heteroatoms. The van der Waals surface area contributed by atoms with E-state index < -0.39 is 17.7 Å². The number of nitriles is 1. The molecular formula is C29H27FN2O5. The van der Waals surface area contributed by atoms with Crippen LogP contribution in [0.15, 0.2) is 78.2 Å². The number of ether oxygens (including phenoxy) is 4. The summed E-state index contributed by atoms with van der Waals surface area (Å²) in [5, 5.41) is 9.88. The Bertz CT molecular complexity index is 1330. The van der Waals surface area contributed by atoms with Crippen LogP contribution in [0.4, 0.5) is 4.39 Å². The number of allylic oxidation sites excluding steroid dienone is 1. The Labute approximate surface area is 214 Å². The topological polar surface area (TPSA) is 104 Å². The van der Waals surface area contributed by atoms with Crippen LogP contribution in [0.1, 0.15) is 43.2 Å². The van der Waals surface area contributed by atoms with Crippen molar-refractivity contribution in [2.24, 2.45) is 5.73 Å². The molecule has 1 aliphatic rings. The fourth-order valence-electron chi connectivity index (χ4n) is 4.04. The lowest BCUT2D eigenvalue weighted by Gasteiger charge is -2.28. The first kappa shape index (κ1) is 25.6. The number of unbranched alkanes of at least 4 members (excludes halogenated alkanes) is 2. The van der Waals surface area contributed by atoms with Gasteiger partial charge in [-0.05, 0) is 42.8 Å². The lowest BCUT2D eigenvalue weighted by atomic mass is 9.83. The lowest BCUT2D eigenvalue weighted by Crippen LogP contribution is -2.22. The van der Waals surface area contributed by atoms with E-state index in [0.717, 1.165) is 24.8 Å². The average molecular weight is 503 g/mol. The van der Waals surface area contributed by atoms with E-state index in [4.69, 9.17) is 24.7 Å². The minimum atomic E-state index is -0.649. The van der Waals surface area contributed by atoms with Crippen LogP contribution in [0.2, 0.25) is 0 Å². The van der Waals surface area contributed by atoms with E-state index in [1.54, 1.807) is 18.2 Å². The highest BCUT2D eigenvalue weighted by Gasteiger charge is 2.33. The van der Waals surface area contributed by atoms with Crippen molar-refractivity contribution in [3.8, 4) is 29.1 Å². The summed E-state index contributed by atoms with van der Waals surface area (Å²) in [6, 6.07) is 19.9. The quantitative estimate of drug-likeness (QED) is 0.219. The van der Waals surface area contributed by atoms with Gasteiger partial charge in [0.05, 0.1) is 12.5 Å². The molecule has 37 heavy (non-hydrogen) atoms. The van der Waals surface area contributed by atoms with Crippen LogP contribution in [-0.4, -0.2) is 19.2 Å².